The molecule has 34 heavy (non-hydrogen) atoms. The molecule has 1 saturated heterocycles. The lowest BCUT2D eigenvalue weighted by molar-refractivity contribution is -0.121. The van der Waals surface area contributed by atoms with Crippen LogP contribution in [0.15, 0.2) is 47.4 Å². The monoisotopic (exact) mass is 490 g/mol. The summed E-state index contributed by atoms with van der Waals surface area (Å²) < 4.78 is 43.7. The van der Waals surface area contributed by atoms with Crippen LogP contribution in [0.4, 0.5) is 0 Å². The lowest BCUT2D eigenvalue weighted by atomic mass is 10.1. The highest BCUT2D eigenvalue weighted by atomic mass is 32.2. The number of nitrogens with one attached hydrogen (secondary N) is 1. The van der Waals surface area contributed by atoms with Crippen LogP contribution in [-0.2, 0) is 32.4 Å². The largest absolute Gasteiger partial charge is 0.496 e. The third-order valence-corrected chi connectivity index (χ3v) is 7.59. The van der Waals surface area contributed by atoms with Crippen molar-refractivity contribution in [2.75, 3.05) is 46.6 Å². The van der Waals surface area contributed by atoms with Crippen LogP contribution < -0.4 is 14.8 Å². The fraction of sp³-hybridized carbons (Fsp3) is 0.480. The number of para-hydroxylation sites is 1. The molecule has 1 fully saturated rings. The van der Waals surface area contributed by atoms with Gasteiger partial charge in [-0.2, -0.15) is 4.31 Å². The van der Waals surface area contributed by atoms with E-state index >= 15 is 0 Å². The number of hydrogen-bond donors (Lipinski definition) is 1. The van der Waals surface area contributed by atoms with E-state index < -0.39 is 10.0 Å². The van der Waals surface area contributed by atoms with Crippen molar-refractivity contribution in [3.05, 3.63) is 53.6 Å². The molecule has 0 spiro atoms. The van der Waals surface area contributed by atoms with Gasteiger partial charge < -0.3 is 19.5 Å². The molecule has 0 radical (unpaired) electrons. The van der Waals surface area contributed by atoms with E-state index in [-0.39, 0.29) is 17.2 Å². The average molecular weight is 491 g/mol. The average Bonchev–Trinajstić information content (AvgIpc) is 2.86. The quantitative estimate of drug-likeness (QED) is 0.460. The number of carbonyl (C=O) groups is 1. The molecule has 1 heterocycles. The normalized spacial score (nSPS) is 14.5. The number of sulfonamides is 1. The van der Waals surface area contributed by atoms with E-state index in [2.05, 4.69) is 5.32 Å². The zero-order chi connectivity index (χ0) is 24.4. The van der Waals surface area contributed by atoms with E-state index in [1.165, 1.54) is 11.4 Å². The Morgan fingerprint density at radius 2 is 1.82 bits per heavy atom. The van der Waals surface area contributed by atoms with Gasteiger partial charge >= 0.3 is 0 Å². The van der Waals surface area contributed by atoms with Crippen molar-refractivity contribution in [3.63, 3.8) is 0 Å². The standard InChI is InChI=1S/C25H34N2O6S/c1-3-33-24-9-5-4-7-20(24)8-6-14-26-25(28)13-10-21-19-22(11-12-23(21)31-2)34(29,30)27-15-17-32-18-16-27/h4-5,7,9,11-12,19H,3,6,8,10,13-18H2,1-2H3,(H,26,28). The van der Waals surface area contributed by atoms with Gasteiger partial charge in [-0.1, -0.05) is 18.2 Å². The molecule has 1 N–H and O–H groups in total. The molecule has 1 amide bonds. The number of benzene rings is 2. The summed E-state index contributed by atoms with van der Waals surface area (Å²) >= 11 is 0. The van der Waals surface area contributed by atoms with Gasteiger partial charge in [0.15, 0.2) is 0 Å². The number of methoxy groups -OCH3 is 1. The molecular weight excluding hydrogens is 456 g/mol. The zero-order valence-corrected chi connectivity index (χ0v) is 20.7. The van der Waals surface area contributed by atoms with Crippen molar-refractivity contribution in [1.82, 2.24) is 9.62 Å². The molecule has 8 nitrogen and oxygen atoms in total. The molecule has 0 aromatic heterocycles. The topological polar surface area (TPSA) is 94.2 Å². The Hall–Kier alpha value is -2.62. The Kier molecular flexibility index (Phi) is 9.74. The van der Waals surface area contributed by atoms with Crippen LogP contribution in [-0.4, -0.2) is 65.2 Å². The number of carbonyl (C=O) groups excluding carboxylic acids is 1. The molecule has 186 valence electrons. The minimum Gasteiger partial charge on any atom is -0.496 e. The number of hydrogen-bond acceptors (Lipinski definition) is 6. The van der Waals surface area contributed by atoms with E-state index in [0.717, 1.165) is 24.2 Å². The first-order chi connectivity index (χ1) is 16.5. The van der Waals surface area contributed by atoms with Gasteiger partial charge in [-0.3, -0.25) is 4.79 Å². The van der Waals surface area contributed by atoms with Crippen LogP contribution in [0.25, 0.3) is 0 Å². The Morgan fingerprint density at radius 1 is 1.06 bits per heavy atom. The number of nitrogens with zero attached hydrogens (tertiary/aromatic N) is 1. The second-order valence-electron chi connectivity index (χ2n) is 7.98. The summed E-state index contributed by atoms with van der Waals surface area (Å²) in [6.07, 6.45) is 2.24. The van der Waals surface area contributed by atoms with Crippen molar-refractivity contribution >= 4 is 15.9 Å². The maximum Gasteiger partial charge on any atom is 0.243 e. The predicted octanol–water partition coefficient (Wildman–Crippen LogP) is 2.80. The van der Waals surface area contributed by atoms with Crippen molar-refractivity contribution in [1.29, 1.82) is 0 Å². The molecule has 0 saturated carbocycles. The molecule has 0 bridgehead atoms. The summed E-state index contributed by atoms with van der Waals surface area (Å²) in [6.45, 7) is 4.58. The van der Waals surface area contributed by atoms with E-state index in [4.69, 9.17) is 14.2 Å². The van der Waals surface area contributed by atoms with Crippen molar-refractivity contribution < 1.29 is 27.4 Å². The van der Waals surface area contributed by atoms with Gasteiger partial charge in [-0.15, -0.1) is 0 Å². The summed E-state index contributed by atoms with van der Waals surface area (Å²) in [7, 11) is -2.08. The van der Waals surface area contributed by atoms with Crippen LogP contribution in [0, 0.1) is 0 Å². The summed E-state index contributed by atoms with van der Waals surface area (Å²) in [5.74, 6) is 1.37. The number of amides is 1. The van der Waals surface area contributed by atoms with Gasteiger partial charge in [-0.05, 0) is 61.6 Å². The summed E-state index contributed by atoms with van der Waals surface area (Å²) in [5.41, 5.74) is 1.82. The fourth-order valence-corrected chi connectivity index (χ4v) is 5.36. The SMILES string of the molecule is CCOc1ccccc1CCCNC(=O)CCc1cc(S(=O)(=O)N2CCOCC2)ccc1OC. The molecule has 2 aromatic carbocycles. The Morgan fingerprint density at radius 3 is 2.56 bits per heavy atom. The molecule has 0 atom stereocenters. The summed E-state index contributed by atoms with van der Waals surface area (Å²) in [4.78, 5) is 12.6. The minimum atomic E-state index is -3.61. The maximum absolute atomic E-state index is 13.0. The van der Waals surface area contributed by atoms with Gasteiger partial charge in [0.05, 0.1) is 31.8 Å². The van der Waals surface area contributed by atoms with E-state index in [0.29, 0.717) is 57.2 Å². The number of rotatable bonds is 12. The van der Waals surface area contributed by atoms with Gasteiger partial charge in [-0.25, -0.2) is 8.42 Å². The minimum absolute atomic E-state index is 0.0819. The molecule has 0 unspecified atom stereocenters. The highest BCUT2D eigenvalue weighted by molar-refractivity contribution is 7.89. The van der Waals surface area contributed by atoms with Gasteiger partial charge in [0, 0.05) is 26.1 Å². The zero-order valence-electron chi connectivity index (χ0n) is 19.9. The lowest BCUT2D eigenvalue weighted by Gasteiger charge is -2.26. The first-order valence-electron chi connectivity index (χ1n) is 11.7. The molecule has 1 aliphatic rings. The van der Waals surface area contributed by atoms with Crippen molar-refractivity contribution in [2.24, 2.45) is 0 Å². The van der Waals surface area contributed by atoms with Crippen LogP contribution in [0.2, 0.25) is 0 Å². The predicted molar refractivity (Wildman–Crippen MR) is 130 cm³/mol. The highest BCUT2D eigenvalue weighted by Gasteiger charge is 2.27. The van der Waals surface area contributed by atoms with Crippen molar-refractivity contribution in [2.45, 2.75) is 37.5 Å². The van der Waals surface area contributed by atoms with Crippen LogP contribution in [0.5, 0.6) is 11.5 Å². The van der Waals surface area contributed by atoms with Crippen LogP contribution in [0.1, 0.15) is 30.9 Å². The van der Waals surface area contributed by atoms with Gasteiger partial charge in [0.25, 0.3) is 0 Å². The molecule has 1 aliphatic heterocycles. The Labute approximate surface area is 202 Å². The van der Waals surface area contributed by atoms with E-state index in [9.17, 15) is 13.2 Å². The van der Waals surface area contributed by atoms with Crippen LogP contribution in [0.3, 0.4) is 0 Å². The third kappa shape index (κ3) is 6.94. The van der Waals surface area contributed by atoms with Gasteiger partial charge in [0.2, 0.25) is 15.9 Å². The lowest BCUT2D eigenvalue weighted by Crippen LogP contribution is -2.40. The van der Waals surface area contributed by atoms with Crippen molar-refractivity contribution in [3.8, 4) is 11.5 Å². The first kappa shape index (κ1) is 26.0. The first-order valence-corrected chi connectivity index (χ1v) is 13.1. The fourth-order valence-electron chi connectivity index (χ4n) is 3.90. The molecule has 3 rings (SSSR count). The smallest absolute Gasteiger partial charge is 0.243 e. The Bertz CT molecular complexity index is 1050. The maximum atomic E-state index is 13.0. The Balaban J connectivity index is 1.53. The third-order valence-electron chi connectivity index (χ3n) is 5.70. The van der Waals surface area contributed by atoms with E-state index in [1.807, 2.05) is 31.2 Å². The summed E-state index contributed by atoms with van der Waals surface area (Å²) in [6, 6.07) is 12.7. The second-order valence-corrected chi connectivity index (χ2v) is 9.92. The molecule has 0 aliphatic carbocycles. The summed E-state index contributed by atoms with van der Waals surface area (Å²) in [5, 5.41) is 2.95. The molecular formula is C25H34N2O6S. The van der Waals surface area contributed by atoms with Gasteiger partial charge in [0.1, 0.15) is 11.5 Å². The number of aryl methyl sites for hydroxylation is 2. The molecule has 9 heteroatoms. The number of morpholine rings is 1. The number of ether oxygens (including phenoxy) is 3. The highest BCUT2D eigenvalue weighted by Crippen LogP contribution is 2.26. The van der Waals surface area contributed by atoms with E-state index in [1.54, 1.807) is 18.2 Å². The molecule has 2 aromatic rings. The van der Waals surface area contributed by atoms with Crippen LogP contribution >= 0.6 is 0 Å². The second kappa shape index (κ2) is 12.7.